The van der Waals surface area contributed by atoms with Crippen LogP contribution in [-0.4, -0.2) is 49.0 Å². The smallest absolute Gasteiger partial charge is 0.311 e. The molecule has 2 amide bonds. The molecule has 2 aliphatic rings. The van der Waals surface area contributed by atoms with Crippen molar-refractivity contribution in [1.29, 1.82) is 0 Å². The molecule has 0 spiro atoms. The molecular weight excluding hydrogens is 384 g/mol. The van der Waals surface area contributed by atoms with Gasteiger partial charge >= 0.3 is 5.97 Å². The Balaban J connectivity index is 1.43. The highest BCUT2D eigenvalue weighted by Crippen LogP contribution is 2.35. The van der Waals surface area contributed by atoms with Crippen LogP contribution < -0.4 is 10.1 Å². The summed E-state index contributed by atoms with van der Waals surface area (Å²) in [6.45, 7) is 4.82. The van der Waals surface area contributed by atoms with Crippen LogP contribution in [0.15, 0.2) is 24.3 Å². The Morgan fingerprint density at radius 1 is 1.17 bits per heavy atom. The zero-order valence-electron chi connectivity index (χ0n) is 18.1. The lowest BCUT2D eigenvalue weighted by atomic mass is 9.77. The van der Waals surface area contributed by atoms with Gasteiger partial charge in [-0.15, -0.1) is 0 Å². The lowest BCUT2D eigenvalue weighted by molar-refractivity contribution is -0.152. The van der Waals surface area contributed by atoms with Gasteiger partial charge in [0.25, 0.3) is 5.91 Å². The lowest BCUT2D eigenvalue weighted by Gasteiger charge is -2.39. The third-order valence-corrected chi connectivity index (χ3v) is 6.55. The molecule has 7 nitrogen and oxygen atoms in total. The summed E-state index contributed by atoms with van der Waals surface area (Å²) < 4.78 is 10.3. The Morgan fingerprint density at radius 3 is 2.60 bits per heavy atom. The van der Waals surface area contributed by atoms with Gasteiger partial charge < -0.3 is 19.7 Å². The first-order valence-electron chi connectivity index (χ1n) is 10.7. The van der Waals surface area contributed by atoms with Crippen molar-refractivity contribution in [2.75, 3.05) is 20.3 Å². The van der Waals surface area contributed by atoms with Gasteiger partial charge in [-0.05, 0) is 36.0 Å². The van der Waals surface area contributed by atoms with Crippen molar-refractivity contribution in [3.8, 4) is 5.75 Å². The van der Waals surface area contributed by atoms with Crippen molar-refractivity contribution >= 4 is 17.8 Å². The van der Waals surface area contributed by atoms with E-state index in [-0.39, 0.29) is 30.9 Å². The second kappa shape index (κ2) is 9.96. The van der Waals surface area contributed by atoms with E-state index in [0.29, 0.717) is 24.9 Å². The summed E-state index contributed by atoms with van der Waals surface area (Å²) in [4.78, 5) is 38.8. The van der Waals surface area contributed by atoms with Crippen LogP contribution in [0.5, 0.6) is 5.75 Å². The fourth-order valence-electron chi connectivity index (χ4n) is 4.45. The normalized spacial score (nSPS) is 26.4. The number of nitrogens with one attached hydrogen (secondary N) is 1. The second-order valence-corrected chi connectivity index (χ2v) is 8.51. The highest BCUT2D eigenvalue weighted by Gasteiger charge is 2.42. The number of rotatable bonds is 7. The van der Waals surface area contributed by atoms with Crippen molar-refractivity contribution in [1.82, 2.24) is 10.2 Å². The van der Waals surface area contributed by atoms with E-state index in [2.05, 4.69) is 19.2 Å². The number of amides is 2. The molecule has 1 heterocycles. The van der Waals surface area contributed by atoms with Gasteiger partial charge in [0.1, 0.15) is 5.75 Å². The molecule has 1 saturated carbocycles. The van der Waals surface area contributed by atoms with Gasteiger partial charge in [-0.3, -0.25) is 14.4 Å². The first kappa shape index (κ1) is 22.1. The third kappa shape index (κ3) is 5.32. The predicted molar refractivity (Wildman–Crippen MR) is 112 cm³/mol. The second-order valence-electron chi connectivity index (χ2n) is 8.51. The maximum absolute atomic E-state index is 12.5. The molecule has 1 aromatic rings. The minimum absolute atomic E-state index is 0.0202. The summed E-state index contributed by atoms with van der Waals surface area (Å²) in [7, 11) is 1.60. The molecule has 1 aromatic carbocycles. The molecule has 0 radical (unpaired) electrons. The van der Waals surface area contributed by atoms with E-state index in [1.807, 2.05) is 29.2 Å². The summed E-state index contributed by atoms with van der Waals surface area (Å²) in [5.74, 6) is 0.453. The Hall–Kier alpha value is -2.57. The Morgan fingerprint density at radius 2 is 1.90 bits per heavy atom. The monoisotopic (exact) mass is 416 g/mol. The standard InChI is InChI=1S/C23H32N2O5/c1-15-5-4-6-20(16(15)2)25-13-18(11-22(25)27)23(28)30-14-21(26)24-12-17-7-9-19(29-3)10-8-17/h7-10,15-16,18,20H,4-6,11-14H2,1-3H3,(H,24,26)/t15-,16-,18-,20+/m1/s1. The topological polar surface area (TPSA) is 84.9 Å². The molecule has 1 N–H and O–H groups in total. The molecular formula is C23H32N2O5. The maximum Gasteiger partial charge on any atom is 0.311 e. The number of hydrogen-bond acceptors (Lipinski definition) is 5. The lowest BCUT2D eigenvalue weighted by Crippen LogP contribution is -2.45. The summed E-state index contributed by atoms with van der Waals surface area (Å²) in [6, 6.07) is 7.55. The van der Waals surface area contributed by atoms with E-state index in [0.717, 1.165) is 24.2 Å². The summed E-state index contributed by atoms with van der Waals surface area (Å²) in [6.07, 6.45) is 3.47. The number of methoxy groups -OCH3 is 1. The van der Waals surface area contributed by atoms with Gasteiger partial charge in [-0.1, -0.05) is 38.8 Å². The summed E-state index contributed by atoms with van der Waals surface area (Å²) in [5.41, 5.74) is 0.920. The van der Waals surface area contributed by atoms with Crippen molar-refractivity contribution in [2.24, 2.45) is 17.8 Å². The van der Waals surface area contributed by atoms with Crippen LogP contribution >= 0.6 is 0 Å². The number of ether oxygens (including phenoxy) is 2. The van der Waals surface area contributed by atoms with Crippen LogP contribution in [0, 0.1) is 17.8 Å². The van der Waals surface area contributed by atoms with E-state index in [4.69, 9.17) is 9.47 Å². The first-order valence-corrected chi connectivity index (χ1v) is 10.7. The number of hydrogen-bond donors (Lipinski definition) is 1. The van der Waals surface area contributed by atoms with Crippen LogP contribution in [0.3, 0.4) is 0 Å². The molecule has 3 rings (SSSR count). The molecule has 2 fully saturated rings. The van der Waals surface area contributed by atoms with Crippen LogP contribution in [0.25, 0.3) is 0 Å². The maximum atomic E-state index is 12.5. The van der Waals surface area contributed by atoms with Crippen molar-refractivity contribution in [2.45, 2.75) is 52.1 Å². The molecule has 4 atom stereocenters. The molecule has 1 aliphatic heterocycles. The van der Waals surface area contributed by atoms with Crippen LogP contribution in [0.4, 0.5) is 0 Å². The molecule has 164 valence electrons. The quantitative estimate of drug-likeness (QED) is 0.691. The van der Waals surface area contributed by atoms with Crippen molar-refractivity contribution < 1.29 is 23.9 Å². The molecule has 0 aromatic heterocycles. The fourth-order valence-corrected chi connectivity index (χ4v) is 4.45. The molecule has 1 aliphatic carbocycles. The molecule has 7 heteroatoms. The Bertz CT molecular complexity index is 763. The zero-order valence-corrected chi connectivity index (χ0v) is 18.1. The highest BCUT2D eigenvalue weighted by molar-refractivity contribution is 5.88. The SMILES string of the molecule is COc1ccc(CNC(=O)COC(=O)[C@@H]2CC(=O)N([C@H]3CCC[C@@H](C)[C@H]3C)C2)cc1. The van der Waals surface area contributed by atoms with Crippen molar-refractivity contribution in [3.05, 3.63) is 29.8 Å². The van der Waals surface area contributed by atoms with E-state index < -0.39 is 11.9 Å². The van der Waals surface area contributed by atoms with E-state index >= 15 is 0 Å². The molecule has 0 bridgehead atoms. The number of nitrogens with zero attached hydrogens (tertiary/aromatic N) is 1. The first-order chi connectivity index (χ1) is 14.4. The molecule has 1 saturated heterocycles. The average molecular weight is 417 g/mol. The number of likely N-dealkylation sites (tertiary alicyclic amines) is 1. The molecule has 30 heavy (non-hydrogen) atoms. The third-order valence-electron chi connectivity index (χ3n) is 6.55. The van der Waals surface area contributed by atoms with Crippen LogP contribution in [0.2, 0.25) is 0 Å². The Labute approximate surface area is 178 Å². The van der Waals surface area contributed by atoms with Crippen molar-refractivity contribution in [3.63, 3.8) is 0 Å². The van der Waals surface area contributed by atoms with Crippen LogP contribution in [0.1, 0.15) is 45.1 Å². The predicted octanol–water partition coefficient (Wildman–Crippen LogP) is 2.53. The van der Waals surface area contributed by atoms with E-state index in [1.54, 1.807) is 7.11 Å². The number of esters is 1. The summed E-state index contributed by atoms with van der Waals surface area (Å²) >= 11 is 0. The van der Waals surface area contributed by atoms with Gasteiger partial charge in [0, 0.05) is 25.6 Å². The highest BCUT2D eigenvalue weighted by atomic mass is 16.5. The number of carbonyl (C=O) groups is 3. The number of benzene rings is 1. The van der Waals surface area contributed by atoms with Gasteiger partial charge in [0.2, 0.25) is 5.91 Å². The zero-order chi connectivity index (χ0) is 21.7. The van der Waals surface area contributed by atoms with Crippen LogP contribution in [-0.2, 0) is 25.7 Å². The Kier molecular flexibility index (Phi) is 7.34. The minimum atomic E-state index is -0.490. The van der Waals surface area contributed by atoms with Gasteiger partial charge in [0.15, 0.2) is 6.61 Å². The van der Waals surface area contributed by atoms with E-state index in [1.165, 1.54) is 6.42 Å². The van der Waals surface area contributed by atoms with Gasteiger partial charge in [0.05, 0.1) is 13.0 Å². The number of carbonyl (C=O) groups excluding carboxylic acids is 3. The van der Waals surface area contributed by atoms with Gasteiger partial charge in [-0.2, -0.15) is 0 Å². The van der Waals surface area contributed by atoms with Gasteiger partial charge in [-0.25, -0.2) is 0 Å². The minimum Gasteiger partial charge on any atom is -0.497 e. The van der Waals surface area contributed by atoms with E-state index in [9.17, 15) is 14.4 Å². The average Bonchev–Trinajstić information content (AvgIpc) is 3.14. The largest absolute Gasteiger partial charge is 0.497 e. The molecule has 0 unspecified atom stereocenters. The fraction of sp³-hybridized carbons (Fsp3) is 0.609. The summed E-state index contributed by atoms with van der Waals surface area (Å²) in [5, 5.41) is 2.73.